The van der Waals surface area contributed by atoms with Crippen LogP contribution in [0, 0.1) is 5.41 Å². The van der Waals surface area contributed by atoms with Crippen molar-refractivity contribution in [3.8, 4) is 0 Å². The van der Waals surface area contributed by atoms with Crippen LogP contribution < -0.4 is 0 Å². The fourth-order valence-electron chi connectivity index (χ4n) is 1.52. The molecule has 12 heavy (non-hydrogen) atoms. The second-order valence-corrected chi connectivity index (χ2v) is 4.41. The molecular formula is C10H17NO. The molecule has 0 aromatic carbocycles. The second kappa shape index (κ2) is 3.02. The Kier molecular flexibility index (Phi) is 2.38. The number of likely N-dealkylation sites (N-methyl/N-ethyl adjacent to an activating group) is 1. The lowest BCUT2D eigenvalue weighted by Gasteiger charge is -2.33. The maximum atomic E-state index is 11.4. The van der Waals surface area contributed by atoms with Crippen LogP contribution in [0.1, 0.15) is 20.3 Å². The van der Waals surface area contributed by atoms with Crippen LogP contribution in [0.15, 0.2) is 12.2 Å². The van der Waals surface area contributed by atoms with E-state index < -0.39 is 0 Å². The predicted molar refractivity (Wildman–Crippen MR) is 50.0 cm³/mol. The molecule has 1 atom stereocenters. The number of ketones is 1. The third-order valence-electron chi connectivity index (χ3n) is 2.37. The fourth-order valence-corrected chi connectivity index (χ4v) is 1.52. The molecule has 0 aromatic rings. The van der Waals surface area contributed by atoms with Gasteiger partial charge < -0.3 is 0 Å². The molecular weight excluding hydrogens is 150 g/mol. The minimum absolute atomic E-state index is 0.0741. The van der Waals surface area contributed by atoms with E-state index in [1.54, 1.807) is 6.08 Å². The summed E-state index contributed by atoms with van der Waals surface area (Å²) < 4.78 is 0. The molecule has 1 aliphatic rings. The van der Waals surface area contributed by atoms with E-state index in [0.717, 1.165) is 6.42 Å². The smallest absolute Gasteiger partial charge is 0.172 e. The number of hydrogen-bond acceptors (Lipinski definition) is 2. The van der Waals surface area contributed by atoms with E-state index >= 15 is 0 Å². The highest BCUT2D eigenvalue weighted by Gasteiger charge is 2.30. The molecule has 1 unspecified atom stereocenters. The average Bonchev–Trinajstić information content (AvgIpc) is 1.94. The molecule has 0 amide bonds. The highest BCUT2D eigenvalue weighted by molar-refractivity contribution is 5.95. The normalized spacial score (nSPS) is 28.1. The lowest BCUT2D eigenvalue weighted by molar-refractivity contribution is -0.120. The molecule has 1 rings (SSSR count). The van der Waals surface area contributed by atoms with E-state index in [1.807, 2.05) is 25.1 Å². The van der Waals surface area contributed by atoms with Crippen LogP contribution in [-0.4, -0.2) is 30.8 Å². The standard InChI is InChI=1S/C10H17NO/c1-10(2)6-5-9(12)8(7-10)11(3)4/h5-6,8H,7H2,1-4H3. The summed E-state index contributed by atoms with van der Waals surface area (Å²) in [5.41, 5.74) is 0.169. The second-order valence-electron chi connectivity index (χ2n) is 4.41. The zero-order valence-electron chi connectivity index (χ0n) is 8.29. The SMILES string of the molecule is CN(C)C1CC(C)(C)C=CC1=O. The maximum Gasteiger partial charge on any atom is 0.172 e. The topological polar surface area (TPSA) is 20.3 Å². The molecule has 2 heteroatoms. The minimum atomic E-state index is 0.0741. The summed E-state index contributed by atoms with van der Waals surface area (Å²) in [5.74, 6) is 0.235. The summed E-state index contributed by atoms with van der Waals surface area (Å²) in [5, 5.41) is 0. The number of carbonyl (C=O) groups is 1. The van der Waals surface area contributed by atoms with E-state index in [0.29, 0.717) is 0 Å². The first-order valence-electron chi connectivity index (χ1n) is 4.32. The third-order valence-corrected chi connectivity index (χ3v) is 2.37. The van der Waals surface area contributed by atoms with Crippen LogP contribution in [0.3, 0.4) is 0 Å². The summed E-state index contributed by atoms with van der Waals surface area (Å²) in [6, 6.07) is 0.0741. The largest absolute Gasteiger partial charge is 0.299 e. The van der Waals surface area contributed by atoms with Crippen LogP contribution >= 0.6 is 0 Å². The van der Waals surface area contributed by atoms with Crippen LogP contribution in [0.4, 0.5) is 0 Å². The summed E-state index contributed by atoms with van der Waals surface area (Å²) in [6.07, 6.45) is 4.65. The quantitative estimate of drug-likeness (QED) is 0.589. The van der Waals surface area contributed by atoms with Crippen molar-refractivity contribution in [2.75, 3.05) is 14.1 Å². The first kappa shape index (κ1) is 9.46. The first-order valence-corrected chi connectivity index (χ1v) is 4.32. The number of rotatable bonds is 1. The van der Waals surface area contributed by atoms with E-state index in [2.05, 4.69) is 13.8 Å². The van der Waals surface area contributed by atoms with Gasteiger partial charge in [-0.25, -0.2) is 0 Å². The molecule has 68 valence electrons. The average molecular weight is 167 g/mol. The van der Waals surface area contributed by atoms with Crippen molar-refractivity contribution in [1.29, 1.82) is 0 Å². The number of carbonyl (C=O) groups excluding carboxylic acids is 1. The van der Waals surface area contributed by atoms with Crippen LogP contribution in [0.25, 0.3) is 0 Å². The van der Waals surface area contributed by atoms with Crippen molar-refractivity contribution in [3.63, 3.8) is 0 Å². The molecule has 0 aromatic heterocycles. The highest BCUT2D eigenvalue weighted by atomic mass is 16.1. The molecule has 1 aliphatic carbocycles. The van der Waals surface area contributed by atoms with Crippen molar-refractivity contribution in [1.82, 2.24) is 4.90 Å². The molecule has 0 saturated heterocycles. The molecule has 0 aliphatic heterocycles. The molecule has 0 fully saturated rings. The van der Waals surface area contributed by atoms with Gasteiger partial charge in [0.25, 0.3) is 0 Å². The Morgan fingerprint density at radius 2 is 2.08 bits per heavy atom. The Bertz CT molecular complexity index is 216. The molecule has 2 nitrogen and oxygen atoms in total. The van der Waals surface area contributed by atoms with Crippen molar-refractivity contribution in [2.24, 2.45) is 5.41 Å². The lowest BCUT2D eigenvalue weighted by atomic mass is 9.79. The summed E-state index contributed by atoms with van der Waals surface area (Å²) in [6.45, 7) is 4.32. The van der Waals surface area contributed by atoms with Gasteiger partial charge >= 0.3 is 0 Å². The van der Waals surface area contributed by atoms with Crippen LogP contribution in [0.2, 0.25) is 0 Å². The van der Waals surface area contributed by atoms with Crippen LogP contribution in [-0.2, 0) is 4.79 Å². The van der Waals surface area contributed by atoms with Gasteiger partial charge in [-0.1, -0.05) is 19.9 Å². The molecule has 0 spiro atoms. The van der Waals surface area contributed by atoms with Gasteiger partial charge in [0.2, 0.25) is 0 Å². The third kappa shape index (κ3) is 1.95. The van der Waals surface area contributed by atoms with Crippen molar-refractivity contribution in [3.05, 3.63) is 12.2 Å². The molecule has 0 N–H and O–H groups in total. The summed E-state index contributed by atoms with van der Waals surface area (Å²) >= 11 is 0. The maximum absolute atomic E-state index is 11.4. The zero-order chi connectivity index (χ0) is 9.35. The summed E-state index contributed by atoms with van der Waals surface area (Å²) in [4.78, 5) is 13.4. The first-order chi connectivity index (χ1) is 5.42. The monoisotopic (exact) mass is 167 g/mol. The van der Waals surface area contributed by atoms with Gasteiger partial charge in [-0.15, -0.1) is 0 Å². The van der Waals surface area contributed by atoms with Gasteiger partial charge in [-0.2, -0.15) is 0 Å². The minimum Gasteiger partial charge on any atom is -0.299 e. The Morgan fingerprint density at radius 1 is 1.50 bits per heavy atom. The van der Waals surface area contributed by atoms with E-state index in [-0.39, 0.29) is 17.2 Å². The molecule has 0 bridgehead atoms. The van der Waals surface area contributed by atoms with Gasteiger partial charge in [0.15, 0.2) is 5.78 Å². The number of nitrogens with zero attached hydrogens (tertiary/aromatic N) is 1. The Hall–Kier alpha value is -0.630. The highest BCUT2D eigenvalue weighted by Crippen LogP contribution is 2.29. The number of allylic oxidation sites excluding steroid dienone is 1. The van der Waals surface area contributed by atoms with Gasteiger partial charge in [0.05, 0.1) is 6.04 Å². The number of hydrogen-bond donors (Lipinski definition) is 0. The Balaban J connectivity index is 2.81. The zero-order valence-corrected chi connectivity index (χ0v) is 8.29. The van der Waals surface area contributed by atoms with E-state index in [1.165, 1.54) is 0 Å². The Morgan fingerprint density at radius 3 is 2.50 bits per heavy atom. The van der Waals surface area contributed by atoms with Crippen LogP contribution in [0.5, 0.6) is 0 Å². The summed E-state index contributed by atoms with van der Waals surface area (Å²) in [7, 11) is 3.91. The van der Waals surface area contributed by atoms with Gasteiger partial charge in [0, 0.05) is 0 Å². The van der Waals surface area contributed by atoms with Crippen molar-refractivity contribution in [2.45, 2.75) is 26.3 Å². The van der Waals surface area contributed by atoms with Crippen molar-refractivity contribution < 1.29 is 4.79 Å². The lowest BCUT2D eigenvalue weighted by Crippen LogP contribution is -2.40. The van der Waals surface area contributed by atoms with Crippen molar-refractivity contribution >= 4 is 5.78 Å². The van der Waals surface area contributed by atoms with E-state index in [4.69, 9.17) is 0 Å². The molecule has 0 radical (unpaired) electrons. The van der Waals surface area contributed by atoms with E-state index in [9.17, 15) is 4.79 Å². The fraction of sp³-hybridized carbons (Fsp3) is 0.700. The van der Waals surface area contributed by atoms with Gasteiger partial charge in [-0.05, 0) is 32.0 Å². The van der Waals surface area contributed by atoms with Gasteiger partial charge in [0.1, 0.15) is 0 Å². The Labute approximate surface area is 74.2 Å². The van der Waals surface area contributed by atoms with Gasteiger partial charge in [-0.3, -0.25) is 9.69 Å². The molecule has 0 heterocycles. The molecule has 0 saturated carbocycles. The predicted octanol–water partition coefficient (Wildman–Crippen LogP) is 1.47.